The molecule has 0 saturated carbocycles. The first-order valence-corrected chi connectivity index (χ1v) is 7.53. The zero-order valence-corrected chi connectivity index (χ0v) is 13.0. The average Bonchev–Trinajstić information content (AvgIpc) is 2.77. The van der Waals surface area contributed by atoms with Gasteiger partial charge in [-0.05, 0) is 19.1 Å². The first-order chi connectivity index (χ1) is 9.99. The molecule has 0 aliphatic heterocycles. The number of carboxylic acid groups (broad SMARTS) is 1. The van der Waals surface area contributed by atoms with Gasteiger partial charge in [-0.3, -0.25) is 4.79 Å². The summed E-state index contributed by atoms with van der Waals surface area (Å²) in [7, 11) is 1.30. The first kappa shape index (κ1) is 15.5. The molecular formula is C13H12N2O4S2. The molecule has 2 rings (SSSR count). The molecule has 2 aromatic rings. The summed E-state index contributed by atoms with van der Waals surface area (Å²) < 4.78 is 5.35. The van der Waals surface area contributed by atoms with E-state index in [4.69, 9.17) is 5.11 Å². The SMILES string of the molecule is COC(=O)c1cc(Sc2nc(C)c(CC(=O)O)s2)ccn1. The zero-order chi connectivity index (χ0) is 15.4. The van der Waals surface area contributed by atoms with Crippen LogP contribution in [0.3, 0.4) is 0 Å². The Balaban J connectivity index is 2.18. The minimum Gasteiger partial charge on any atom is -0.481 e. The van der Waals surface area contributed by atoms with Crippen LogP contribution in [0.4, 0.5) is 0 Å². The number of carboxylic acids is 1. The number of hydrogen-bond donors (Lipinski definition) is 1. The molecule has 0 bridgehead atoms. The predicted octanol–water partition coefficient (Wildman–Crippen LogP) is 2.41. The molecule has 6 nitrogen and oxygen atoms in total. The number of hydrogen-bond acceptors (Lipinski definition) is 7. The molecule has 110 valence electrons. The Morgan fingerprint density at radius 2 is 2.24 bits per heavy atom. The lowest BCUT2D eigenvalue weighted by Crippen LogP contribution is -2.03. The van der Waals surface area contributed by atoms with E-state index in [1.807, 2.05) is 0 Å². The lowest BCUT2D eigenvalue weighted by atomic mass is 10.3. The highest BCUT2D eigenvalue weighted by atomic mass is 32.2. The molecular weight excluding hydrogens is 312 g/mol. The lowest BCUT2D eigenvalue weighted by molar-refractivity contribution is -0.136. The highest BCUT2D eigenvalue weighted by Crippen LogP contribution is 2.33. The fourth-order valence-electron chi connectivity index (χ4n) is 1.54. The van der Waals surface area contributed by atoms with Crippen molar-refractivity contribution in [3.63, 3.8) is 0 Å². The van der Waals surface area contributed by atoms with Crippen molar-refractivity contribution in [1.29, 1.82) is 0 Å². The van der Waals surface area contributed by atoms with E-state index >= 15 is 0 Å². The molecule has 0 aliphatic carbocycles. The monoisotopic (exact) mass is 324 g/mol. The molecule has 0 radical (unpaired) electrons. The second-order valence-corrected chi connectivity index (χ2v) is 6.43. The van der Waals surface area contributed by atoms with E-state index in [0.29, 0.717) is 5.69 Å². The van der Waals surface area contributed by atoms with Gasteiger partial charge < -0.3 is 9.84 Å². The summed E-state index contributed by atoms with van der Waals surface area (Å²) in [6.45, 7) is 1.78. The number of aromatic nitrogens is 2. The van der Waals surface area contributed by atoms with Gasteiger partial charge in [-0.1, -0.05) is 11.8 Å². The maximum absolute atomic E-state index is 11.4. The van der Waals surface area contributed by atoms with Crippen molar-refractivity contribution in [2.45, 2.75) is 22.6 Å². The summed E-state index contributed by atoms with van der Waals surface area (Å²) in [4.78, 5) is 32.0. The van der Waals surface area contributed by atoms with Crippen LogP contribution >= 0.6 is 23.1 Å². The van der Waals surface area contributed by atoms with E-state index in [0.717, 1.165) is 14.1 Å². The molecule has 0 fully saturated rings. The molecule has 0 aromatic carbocycles. The maximum atomic E-state index is 11.4. The van der Waals surface area contributed by atoms with Gasteiger partial charge in [0, 0.05) is 16.0 Å². The normalized spacial score (nSPS) is 10.4. The third-order valence-electron chi connectivity index (χ3n) is 2.52. The number of methoxy groups -OCH3 is 1. The van der Waals surface area contributed by atoms with E-state index in [-0.39, 0.29) is 12.1 Å². The van der Waals surface area contributed by atoms with Crippen LogP contribution in [0.5, 0.6) is 0 Å². The molecule has 0 spiro atoms. The largest absolute Gasteiger partial charge is 0.481 e. The van der Waals surface area contributed by atoms with Gasteiger partial charge in [0.05, 0.1) is 19.2 Å². The molecule has 8 heteroatoms. The van der Waals surface area contributed by atoms with Crippen molar-refractivity contribution in [3.05, 3.63) is 34.6 Å². The Bertz CT molecular complexity index is 685. The number of aliphatic carboxylic acids is 1. The number of nitrogens with zero attached hydrogens (tertiary/aromatic N) is 2. The fraction of sp³-hybridized carbons (Fsp3) is 0.231. The van der Waals surface area contributed by atoms with E-state index in [1.165, 1.54) is 36.4 Å². The van der Waals surface area contributed by atoms with Crippen molar-refractivity contribution in [1.82, 2.24) is 9.97 Å². The minimum absolute atomic E-state index is 0.0339. The topological polar surface area (TPSA) is 89.4 Å². The molecule has 1 N–H and O–H groups in total. The number of pyridine rings is 1. The quantitative estimate of drug-likeness (QED) is 0.845. The number of aryl methyl sites for hydroxylation is 1. The van der Waals surface area contributed by atoms with Crippen LogP contribution in [0.1, 0.15) is 21.1 Å². The molecule has 2 heterocycles. The smallest absolute Gasteiger partial charge is 0.356 e. The fourth-order valence-corrected chi connectivity index (χ4v) is 3.76. The summed E-state index contributed by atoms with van der Waals surface area (Å²) in [5.74, 6) is -1.38. The maximum Gasteiger partial charge on any atom is 0.356 e. The highest BCUT2D eigenvalue weighted by molar-refractivity contribution is 8.01. The molecule has 21 heavy (non-hydrogen) atoms. The standard InChI is InChI=1S/C13H12N2O4S2/c1-7-10(6-11(16)17)21-13(15-7)20-8-3-4-14-9(5-8)12(18)19-2/h3-5H,6H2,1-2H3,(H,16,17). The molecule has 0 aliphatic rings. The van der Waals surface area contributed by atoms with Gasteiger partial charge in [-0.2, -0.15) is 0 Å². The predicted molar refractivity (Wildman–Crippen MR) is 77.9 cm³/mol. The Hall–Kier alpha value is -1.93. The van der Waals surface area contributed by atoms with Crippen LogP contribution in [-0.4, -0.2) is 34.1 Å². The van der Waals surface area contributed by atoms with E-state index in [2.05, 4.69) is 14.7 Å². The van der Waals surface area contributed by atoms with Crippen molar-refractivity contribution >= 4 is 35.0 Å². The summed E-state index contributed by atoms with van der Waals surface area (Å²) >= 11 is 2.70. The van der Waals surface area contributed by atoms with Crippen LogP contribution in [0.15, 0.2) is 27.6 Å². The molecule has 2 aromatic heterocycles. The van der Waals surface area contributed by atoms with E-state index in [9.17, 15) is 9.59 Å². The number of thiazole rings is 1. The van der Waals surface area contributed by atoms with Gasteiger partial charge in [0.25, 0.3) is 0 Å². The average molecular weight is 324 g/mol. The number of rotatable bonds is 5. The lowest BCUT2D eigenvalue weighted by Gasteiger charge is -2.00. The zero-order valence-electron chi connectivity index (χ0n) is 11.3. The Morgan fingerprint density at radius 1 is 1.48 bits per heavy atom. The minimum atomic E-state index is -0.879. The van der Waals surface area contributed by atoms with Crippen molar-refractivity contribution in [3.8, 4) is 0 Å². The third kappa shape index (κ3) is 4.02. The van der Waals surface area contributed by atoms with Crippen LogP contribution in [0.2, 0.25) is 0 Å². The van der Waals surface area contributed by atoms with Crippen molar-refractivity contribution in [2.24, 2.45) is 0 Å². The van der Waals surface area contributed by atoms with E-state index in [1.54, 1.807) is 19.1 Å². The number of ether oxygens (including phenoxy) is 1. The number of carbonyl (C=O) groups is 2. The van der Waals surface area contributed by atoms with Gasteiger partial charge >= 0.3 is 11.9 Å². The molecule has 0 saturated heterocycles. The number of esters is 1. The second-order valence-electron chi connectivity index (χ2n) is 4.03. The van der Waals surface area contributed by atoms with Crippen LogP contribution in [0, 0.1) is 6.92 Å². The van der Waals surface area contributed by atoms with E-state index < -0.39 is 11.9 Å². The summed E-state index contributed by atoms with van der Waals surface area (Å²) in [5, 5.41) is 8.83. The Morgan fingerprint density at radius 3 is 2.90 bits per heavy atom. The van der Waals surface area contributed by atoms with Gasteiger partial charge in [0.1, 0.15) is 5.69 Å². The van der Waals surface area contributed by atoms with Crippen LogP contribution in [-0.2, 0) is 16.0 Å². The Labute approximate surface area is 129 Å². The van der Waals surface area contributed by atoms with Crippen molar-refractivity contribution < 1.29 is 19.4 Å². The Kier molecular flexibility index (Phi) is 4.92. The number of carbonyl (C=O) groups excluding carboxylic acids is 1. The van der Waals surface area contributed by atoms with Crippen molar-refractivity contribution in [2.75, 3.05) is 7.11 Å². The first-order valence-electron chi connectivity index (χ1n) is 5.90. The van der Waals surface area contributed by atoms with Crippen LogP contribution in [0.25, 0.3) is 0 Å². The van der Waals surface area contributed by atoms with Crippen LogP contribution < -0.4 is 0 Å². The van der Waals surface area contributed by atoms with Gasteiger partial charge in [-0.25, -0.2) is 14.8 Å². The third-order valence-corrected chi connectivity index (χ3v) is 4.72. The van der Waals surface area contributed by atoms with Gasteiger partial charge in [0.2, 0.25) is 0 Å². The molecule has 0 unspecified atom stereocenters. The van der Waals surface area contributed by atoms with Gasteiger partial charge in [-0.15, -0.1) is 11.3 Å². The summed E-state index contributed by atoms with van der Waals surface area (Å²) in [6.07, 6.45) is 1.49. The summed E-state index contributed by atoms with van der Waals surface area (Å²) in [5.41, 5.74) is 0.939. The second kappa shape index (κ2) is 6.68. The highest BCUT2D eigenvalue weighted by Gasteiger charge is 2.13. The van der Waals surface area contributed by atoms with Gasteiger partial charge in [0.15, 0.2) is 4.34 Å². The summed E-state index contributed by atoms with van der Waals surface area (Å²) in [6, 6.07) is 3.37. The molecule has 0 amide bonds. The molecule has 0 atom stereocenters.